The number of carbonyl (C=O) groups excluding carboxylic acids is 1. The highest BCUT2D eigenvalue weighted by Crippen LogP contribution is 2.21. The molecule has 17 heavy (non-hydrogen) atoms. The van der Waals surface area contributed by atoms with Gasteiger partial charge in [-0.25, -0.2) is 9.98 Å². The zero-order valence-corrected chi connectivity index (χ0v) is 9.37. The van der Waals surface area contributed by atoms with E-state index in [-0.39, 0.29) is 11.8 Å². The van der Waals surface area contributed by atoms with E-state index in [1.54, 1.807) is 0 Å². The van der Waals surface area contributed by atoms with Crippen LogP contribution in [0.5, 0.6) is 0 Å². The van der Waals surface area contributed by atoms with Crippen LogP contribution in [-0.2, 0) is 9.53 Å². The highest BCUT2D eigenvalue weighted by Gasteiger charge is 2.27. The van der Waals surface area contributed by atoms with Crippen LogP contribution in [0.25, 0.3) is 0 Å². The fourth-order valence-electron chi connectivity index (χ4n) is 2.17. The number of ether oxygens (including phenoxy) is 1. The molecule has 1 atom stereocenters. The maximum absolute atomic E-state index is 11.7. The molecule has 0 spiro atoms. The second-order valence-corrected chi connectivity index (χ2v) is 4.14. The first-order valence-corrected chi connectivity index (χ1v) is 5.71. The number of allylic oxidation sites excluding steroid dienone is 2. The maximum atomic E-state index is 11.7. The minimum atomic E-state index is -0.303. The first-order chi connectivity index (χ1) is 8.34. The Hall–Kier alpha value is -1.75. The van der Waals surface area contributed by atoms with Gasteiger partial charge in [0.05, 0.1) is 18.9 Å². The third-order valence-electron chi connectivity index (χ3n) is 3.11. The Kier molecular flexibility index (Phi) is 2.60. The lowest BCUT2D eigenvalue weighted by molar-refractivity contribution is -0.118. The van der Waals surface area contributed by atoms with E-state index in [0.29, 0.717) is 0 Å². The number of morpholine rings is 1. The van der Waals surface area contributed by atoms with E-state index in [0.717, 1.165) is 37.7 Å². The quantitative estimate of drug-likeness (QED) is 0.656. The molecule has 1 fully saturated rings. The Labute approximate surface area is 99.2 Å². The van der Waals surface area contributed by atoms with Crippen molar-refractivity contribution in [1.82, 2.24) is 4.90 Å². The van der Waals surface area contributed by atoms with E-state index in [1.807, 2.05) is 18.2 Å². The predicted octanol–water partition coefficient (Wildman–Crippen LogP) is 0.398. The first-order valence-electron chi connectivity index (χ1n) is 5.71. The number of amides is 1. The summed E-state index contributed by atoms with van der Waals surface area (Å²) in [5.74, 6) is -0.437. The third kappa shape index (κ3) is 1.93. The summed E-state index contributed by atoms with van der Waals surface area (Å²) in [6.07, 6.45) is 7.18. The number of carbonyl (C=O) groups is 1. The number of fused-ring (bicyclic) bond motifs is 1. The number of hydrogen-bond donors (Lipinski definition) is 0. The molecule has 1 unspecified atom stereocenters. The second kappa shape index (κ2) is 4.25. The molecule has 1 saturated heterocycles. The number of nitrogens with zero attached hydrogens (tertiary/aromatic N) is 3. The summed E-state index contributed by atoms with van der Waals surface area (Å²) >= 11 is 0. The van der Waals surface area contributed by atoms with E-state index in [4.69, 9.17) is 4.74 Å². The fraction of sp³-hybridized carbons (Fsp3) is 0.417. The van der Waals surface area contributed by atoms with Gasteiger partial charge in [-0.3, -0.25) is 4.79 Å². The maximum Gasteiger partial charge on any atom is 0.260 e. The van der Waals surface area contributed by atoms with E-state index in [2.05, 4.69) is 14.9 Å². The Morgan fingerprint density at radius 2 is 2.12 bits per heavy atom. The lowest BCUT2D eigenvalue weighted by atomic mass is 9.95. The van der Waals surface area contributed by atoms with Crippen LogP contribution in [0.3, 0.4) is 0 Å². The van der Waals surface area contributed by atoms with Gasteiger partial charge < -0.3 is 9.64 Å². The summed E-state index contributed by atoms with van der Waals surface area (Å²) in [7, 11) is 0. The zero-order chi connectivity index (χ0) is 11.7. The van der Waals surface area contributed by atoms with Gasteiger partial charge in [0.1, 0.15) is 12.3 Å². The van der Waals surface area contributed by atoms with Gasteiger partial charge in [0.15, 0.2) is 0 Å². The Bertz CT molecular complexity index is 456. The van der Waals surface area contributed by atoms with Crippen LogP contribution in [0.15, 0.2) is 33.9 Å². The van der Waals surface area contributed by atoms with Gasteiger partial charge in [0.25, 0.3) is 5.91 Å². The fourth-order valence-corrected chi connectivity index (χ4v) is 2.17. The summed E-state index contributed by atoms with van der Waals surface area (Å²) < 4.78 is 5.31. The summed E-state index contributed by atoms with van der Waals surface area (Å²) in [6, 6.07) is 0. The molecule has 3 rings (SSSR count). The van der Waals surface area contributed by atoms with Crippen molar-refractivity contribution in [1.29, 1.82) is 0 Å². The number of aliphatic imine (C=N–C) groups is 2. The van der Waals surface area contributed by atoms with Gasteiger partial charge in [-0.1, -0.05) is 0 Å². The monoisotopic (exact) mass is 231 g/mol. The molecule has 3 aliphatic rings. The lowest BCUT2D eigenvalue weighted by Crippen LogP contribution is -2.37. The molecule has 1 aliphatic carbocycles. The highest BCUT2D eigenvalue weighted by atomic mass is 16.5. The molecule has 0 radical (unpaired) electrons. The van der Waals surface area contributed by atoms with Gasteiger partial charge >= 0.3 is 0 Å². The van der Waals surface area contributed by atoms with Crippen molar-refractivity contribution >= 4 is 18.0 Å². The average molecular weight is 231 g/mol. The Balaban J connectivity index is 1.84. The van der Waals surface area contributed by atoms with Crippen LogP contribution in [0.1, 0.15) is 0 Å². The van der Waals surface area contributed by atoms with Crippen molar-refractivity contribution in [3.05, 3.63) is 23.9 Å². The molecule has 2 aliphatic heterocycles. The summed E-state index contributed by atoms with van der Waals surface area (Å²) in [6.45, 7) is 3.21. The van der Waals surface area contributed by atoms with E-state index < -0.39 is 0 Å². The Morgan fingerprint density at radius 1 is 1.29 bits per heavy atom. The van der Waals surface area contributed by atoms with Crippen molar-refractivity contribution in [2.24, 2.45) is 15.9 Å². The first kappa shape index (κ1) is 10.4. The van der Waals surface area contributed by atoms with Gasteiger partial charge in [0, 0.05) is 18.8 Å². The molecule has 5 heteroatoms. The molecule has 88 valence electrons. The van der Waals surface area contributed by atoms with Crippen molar-refractivity contribution in [3.8, 4) is 0 Å². The van der Waals surface area contributed by atoms with Crippen LogP contribution in [0.2, 0.25) is 0 Å². The van der Waals surface area contributed by atoms with Crippen molar-refractivity contribution in [3.63, 3.8) is 0 Å². The van der Waals surface area contributed by atoms with Crippen LogP contribution < -0.4 is 0 Å². The smallest absolute Gasteiger partial charge is 0.260 e. The van der Waals surface area contributed by atoms with Gasteiger partial charge in [-0.2, -0.15) is 0 Å². The van der Waals surface area contributed by atoms with Gasteiger partial charge in [-0.05, 0) is 18.2 Å². The topological polar surface area (TPSA) is 54.3 Å². The van der Waals surface area contributed by atoms with Gasteiger partial charge in [0.2, 0.25) is 0 Å². The van der Waals surface area contributed by atoms with Gasteiger partial charge in [-0.15, -0.1) is 0 Å². The van der Waals surface area contributed by atoms with Crippen molar-refractivity contribution in [2.75, 3.05) is 26.3 Å². The minimum absolute atomic E-state index is 0.134. The normalized spacial score (nSPS) is 27.6. The molecule has 0 aromatic rings. The summed E-state index contributed by atoms with van der Waals surface area (Å²) in [5.41, 5.74) is 1.85. The average Bonchev–Trinajstić information content (AvgIpc) is 2.40. The molecule has 5 nitrogen and oxygen atoms in total. The van der Waals surface area contributed by atoms with Crippen molar-refractivity contribution in [2.45, 2.75) is 0 Å². The zero-order valence-electron chi connectivity index (χ0n) is 9.37. The number of rotatable bonds is 1. The predicted molar refractivity (Wildman–Crippen MR) is 64.0 cm³/mol. The van der Waals surface area contributed by atoms with E-state index >= 15 is 0 Å². The lowest BCUT2D eigenvalue weighted by Gasteiger charge is -2.32. The van der Waals surface area contributed by atoms with Crippen LogP contribution in [0, 0.1) is 5.92 Å². The molecule has 1 amide bonds. The highest BCUT2D eigenvalue weighted by molar-refractivity contribution is 6.18. The largest absolute Gasteiger partial charge is 0.378 e. The summed E-state index contributed by atoms with van der Waals surface area (Å²) in [5, 5.41) is 0. The Morgan fingerprint density at radius 3 is 2.94 bits per heavy atom. The molecule has 0 bridgehead atoms. The molecule has 0 N–H and O–H groups in total. The van der Waals surface area contributed by atoms with Crippen LogP contribution >= 0.6 is 0 Å². The third-order valence-corrected chi connectivity index (χ3v) is 3.11. The molecule has 0 saturated carbocycles. The molecular weight excluding hydrogens is 218 g/mol. The second-order valence-electron chi connectivity index (χ2n) is 4.14. The van der Waals surface area contributed by atoms with Crippen LogP contribution in [0.4, 0.5) is 0 Å². The van der Waals surface area contributed by atoms with E-state index in [1.165, 1.54) is 6.34 Å². The molecule has 2 heterocycles. The van der Waals surface area contributed by atoms with E-state index in [9.17, 15) is 4.79 Å². The van der Waals surface area contributed by atoms with Crippen LogP contribution in [-0.4, -0.2) is 49.2 Å². The minimum Gasteiger partial charge on any atom is -0.378 e. The molecule has 0 aromatic carbocycles. The number of hydrogen-bond acceptors (Lipinski definition) is 4. The molecular formula is C12H13N3O2. The standard InChI is InChI=1S/C12H13N3O2/c16-12-10-7-9(15-3-5-17-6-4-15)1-2-11(10)13-8-14-12/h1-2,7-8,10H,3-6H2. The SMILES string of the molecule is O=C1N=CN=C2C=CC(N3CCOCC3)=CC12. The molecule has 0 aromatic heterocycles. The summed E-state index contributed by atoms with van der Waals surface area (Å²) in [4.78, 5) is 21.7. The van der Waals surface area contributed by atoms with Crippen molar-refractivity contribution < 1.29 is 9.53 Å².